The number of rotatable bonds is 5. The highest BCUT2D eigenvalue weighted by Crippen LogP contribution is 2.28. The van der Waals surface area contributed by atoms with E-state index in [9.17, 15) is 4.79 Å². The number of pyridine rings is 1. The molecule has 0 aliphatic heterocycles. The molecule has 3 aromatic rings. The summed E-state index contributed by atoms with van der Waals surface area (Å²) in [5, 5.41) is 3.68. The number of anilines is 1. The molecular formula is C24H24ClN5O2. The number of nitrogens with two attached hydrogens (primary N) is 1. The van der Waals surface area contributed by atoms with Gasteiger partial charge in [0.1, 0.15) is 5.75 Å². The molecule has 8 heteroatoms. The molecule has 1 aromatic carbocycles. The van der Waals surface area contributed by atoms with Gasteiger partial charge >= 0.3 is 0 Å². The van der Waals surface area contributed by atoms with Crippen LogP contribution in [0.3, 0.4) is 0 Å². The first-order valence-electron chi connectivity index (χ1n) is 10.4. The molecule has 0 unspecified atom stereocenters. The lowest BCUT2D eigenvalue weighted by Crippen LogP contribution is -2.36. The van der Waals surface area contributed by atoms with Crippen molar-refractivity contribution in [1.82, 2.24) is 20.3 Å². The lowest BCUT2D eigenvalue weighted by Gasteiger charge is -2.25. The number of carbonyl (C=O) groups excluding carboxylic acids is 1. The topological polar surface area (TPSA) is 103 Å². The lowest BCUT2D eigenvalue weighted by molar-refractivity contribution is 0.0930. The van der Waals surface area contributed by atoms with Gasteiger partial charge in [-0.2, -0.15) is 0 Å². The van der Waals surface area contributed by atoms with Crippen molar-refractivity contribution in [1.29, 1.82) is 0 Å². The van der Waals surface area contributed by atoms with E-state index >= 15 is 0 Å². The smallest absolute Gasteiger partial charge is 0.254 e. The van der Waals surface area contributed by atoms with Crippen molar-refractivity contribution < 1.29 is 9.53 Å². The van der Waals surface area contributed by atoms with E-state index in [0.717, 1.165) is 42.7 Å². The number of carbonyl (C=O) groups is 1. The Bertz CT molecular complexity index is 1140. The number of benzene rings is 1. The van der Waals surface area contributed by atoms with Gasteiger partial charge in [-0.15, -0.1) is 0 Å². The first kappa shape index (κ1) is 21.8. The van der Waals surface area contributed by atoms with Crippen LogP contribution in [0.4, 0.5) is 5.95 Å². The van der Waals surface area contributed by atoms with Gasteiger partial charge in [0.15, 0.2) is 0 Å². The Morgan fingerprint density at radius 2 is 1.94 bits per heavy atom. The molecule has 7 nitrogen and oxygen atoms in total. The molecule has 1 aliphatic carbocycles. The van der Waals surface area contributed by atoms with Crippen molar-refractivity contribution in [2.75, 3.05) is 5.73 Å². The minimum absolute atomic E-state index is 0.131. The molecule has 0 atom stereocenters. The fraction of sp³-hybridized carbons (Fsp3) is 0.250. The number of nitrogen functional groups attached to an aromatic ring is 1. The second kappa shape index (κ2) is 9.78. The van der Waals surface area contributed by atoms with Gasteiger partial charge in [-0.05, 0) is 56.4 Å². The van der Waals surface area contributed by atoms with Crippen LogP contribution in [-0.4, -0.2) is 26.9 Å². The summed E-state index contributed by atoms with van der Waals surface area (Å²) in [5.41, 5.74) is 9.05. The van der Waals surface area contributed by atoms with E-state index in [2.05, 4.69) is 32.4 Å². The van der Waals surface area contributed by atoms with Gasteiger partial charge in [0, 0.05) is 24.5 Å². The highest BCUT2D eigenvalue weighted by Gasteiger charge is 2.19. The van der Waals surface area contributed by atoms with Gasteiger partial charge in [-0.1, -0.05) is 35.4 Å². The molecule has 0 radical (unpaired) electrons. The Hall–Kier alpha value is -3.45. The Morgan fingerprint density at radius 3 is 2.66 bits per heavy atom. The maximum absolute atomic E-state index is 12.4. The van der Waals surface area contributed by atoms with Crippen molar-refractivity contribution in [2.24, 2.45) is 0 Å². The van der Waals surface area contributed by atoms with Crippen LogP contribution < -0.4 is 15.8 Å². The lowest BCUT2D eigenvalue weighted by atomic mass is 9.89. The van der Waals surface area contributed by atoms with Crippen LogP contribution in [-0.2, 0) is 0 Å². The van der Waals surface area contributed by atoms with Crippen LogP contribution in [0.15, 0.2) is 54.4 Å². The van der Waals surface area contributed by atoms with Crippen molar-refractivity contribution in [3.8, 4) is 11.6 Å². The number of aromatic nitrogens is 3. The monoisotopic (exact) mass is 449 g/mol. The van der Waals surface area contributed by atoms with Crippen LogP contribution in [0.25, 0.3) is 6.08 Å². The van der Waals surface area contributed by atoms with E-state index in [4.69, 9.17) is 22.1 Å². The molecule has 1 saturated carbocycles. The molecule has 3 N–H and O–H groups in total. The molecule has 0 bridgehead atoms. The summed E-state index contributed by atoms with van der Waals surface area (Å²) < 4.78 is 5.89. The van der Waals surface area contributed by atoms with Crippen molar-refractivity contribution in [2.45, 2.75) is 38.6 Å². The van der Waals surface area contributed by atoms with Gasteiger partial charge < -0.3 is 15.8 Å². The molecule has 4 rings (SSSR count). The van der Waals surface area contributed by atoms with Crippen LogP contribution in [0.5, 0.6) is 11.6 Å². The van der Waals surface area contributed by atoms with E-state index in [-0.39, 0.29) is 17.9 Å². The predicted molar refractivity (Wildman–Crippen MR) is 125 cm³/mol. The summed E-state index contributed by atoms with van der Waals surface area (Å²) in [6.45, 7) is 1.85. The first-order valence-corrected chi connectivity index (χ1v) is 10.8. The third kappa shape index (κ3) is 5.62. The van der Waals surface area contributed by atoms with E-state index < -0.39 is 0 Å². The molecule has 164 valence electrons. The molecule has 1 fully saturated rings. The second-order valence-corrected chi connectivity index (χ2v) is 8.18. The Morgan fingerprint density at radius 1 is 1.19 bits per heavy atom. The van der Waals surface area contributed by atoms with Gasteiger partial charge in [0.05, 0.1) is 16.3 Å². The van der Waals surface area contributed by atoms with Crippen LogP contribution in [0.1, 0.15) is 47.3 Å². The van der Waals surface area contributed by atoms with Gasteiger partial charge in [-0.25, -0.2) is 15.0 Å². The number of aryl methyl sites for hydroxylation is 1. The number of allylic oxidation sites excluding steroid dienone is 1. The molecule has 32 heavy (non-hydrogen) atoms. The molecular weight excluding hydrogens is 426 g/mol. The number of halogens is 1. The molecule has 2 heterocycles. The fourth-order valence-electron chi connectivity index (χ4n) is 3.60. The zero-order valence-electron chi connectivity index (χ0n) is 17.7. The Kier molecular flexibility index (Phi) is 6.66. The molecule has 1 aliphatic rings. The Labute approximate surface area is 191 Å². The van der Waals surface area contributed by atoms with Crippen LogP contribution in [0, 0.1) is 6.92 Å². The van der Waals surface area contributed by atoms with Gasteiger partial charge in [0.2, 0.25) is 11.8 Å². The number of ether oxygens (including phenoxy) is 1. The third-order valence-electron chi connectivity index (χ3n) is 5.34. The van der Waals surface area contributed by atoms with Crippen molar-refractivity contribution in [3.63, 3.8) is 0 Å². The maximum Gasteiger partial charge on any atom is 0.254 e. The predicted octanol–water partition coefficient (Wildman–Crippen LogP) is 4.96. The standard InChI is InChI=1S/C24H24ClN5O2/c1-15-21(25)9-10-22(29-15)32-20-4-2-3-17(12-20)11-16-5-7-19(8-6-16)30-23(31)18-13-27-24(26)28-14-18/h2-4,9-14,19H,5-8H2,1H3,(H,30,31)(H2,26,27,28). The van der Waals surface area contributed by atoms with Gasteiger partial charge in [-0.3, -0.25) is 4.79 Å². The summed E-state index contributed by atoms with van der Waals surface area (Å²) in [4.78, 5) is 24.4. The Balaban J connectivity index is 1.34. The summed E-state index contributed by atoms with van der Waals surface area (Å²) in [6.07, 6.45) is 8.70. The highest BCUT2D eigenvalue weighted by atomic mass is 35.5. The van der Waals surface area contributed by atoms with Crippen molar-refractivity contribution >= 4 is 29.5 Å². The highest BCUT2D eigenvalue weighted by molar-refractivity contribution is 6.31. The number of hydrogen-bond donors (Lipinski definition) is 2. The zero-order chi connectivity index (χ0) is 22.5. The van der Waals surface area contributed by atoms with E-state index in [1.807, 2.05) is 25.1 Å². The number of hydrogen-bond acceptors (Lipinski definition) is 6. The number of nitrogens with one attached hydrogen (secondary N) is 1. The molecule has 2 aromatic heterocycles. The second-order valence-electron chi connectivity index (χ2n) is 7.77. The normalized spacial score (nSPS) is 15.8. The largest absolute Gasteiger partial charge is 0.439 e. The van der Waals surface area contributed by atoms with Crippen molar-refractivity contribution in [3.05, 3.63) is 76.2 Å². The van der Waals surface area contributed by atoms with Crippen LogP contribution >= 0.6 is 11.6 Å². The molecule has 0 spiro atoms. The fourth-order valence-corrected chi connectivity index (χ4v) is 3.71. The molecule has 1 amide bonds. The summed E-state index contributed by atoms with van der Waals surface area (Å²) in [7, 11) is 0. The quantitative estimate of drug-likeness (QED) is 0.570. The minimum Gasteiger partial charge on any atom is -0.439 e. The summed E-state index contributed by atoms with van der Waals surface area (Å²) in [5.74, 6) is 1.22. The van der Waals surface area contributed by atoms with Crippen LogP contribution in [0.2, 0.25) is 5.02 Å². The minimum atomic E-state index is -0.168. The van der Waals surface area contributed by atoms with E-state index in [0.29, 0.717) is 16.5 Å². The SMILES string of the molecule is Cc1nc(Oc2cccc(C=C3CCC(NC(=O)c4cnc(N)nc4)CC3)c2)ccc1Cl. The average molecular weight is 450 g/mol. The summed E-state index contributed by atoms with van der Waals surface area (Å²) >= 11 is 6.03. The average Bonchev–Trinajstić information content (AvgIpc) is 2.78. The van der Waals surface area contributed by atoms with E-state index in [1.54, 1.807) is 12.1 Å². The van der Waals surface area contributed by atoms with Gasteiger partial charge in [0.25, 0.3) is 5.91 Å². The number of amides is 1. The zero-order valence-corrected chi connectivity index (χ0v) is 18.5. The van der Waals surface area contributed by atoms with E-state index in [1.165, 1.54) is 18.0 Å². The summed E-state index contributed by atoms with van der Waals surface area (Å²) in [6, 6.07) is 11.6. The number of nitrogens with zero attached hydrogens (tertiary/aromatic N) is 3. The third-order valence-corrected chi connectivity index (χ3v) is 5.74. The molecule has 0 saturated heterocycles. The maximum atomic E-state index is 12.4. The first-order chi connectivity index (χ1) is 15.5.